The first-order valence-electron chi connectivity index (χ1n) is 9.97. The summed E-state index contributed by atoms with van der Waals surface area (Å²) in [4.78, 5) is 41.3. The van der Waals surface area contributed by atoms with Crippen molar-refractivity contribution in [2.75, 3.05) is 33.9 Å². The van der Waals surface area contributed by atoms with E-state index in [1.165, 1.54) is 4.90 Å². The van der Waals surface area contributed by atoms with Crippen molar-refractivity contribution in [3.63, 3.8) is 0 Å². The van der Waals surface area contributed by atoms with Crippen molar-refractivity contribution in [3.05, 3.63) is 64.7 Å². The van der Waals surface area contributed by atoms with Crippen molar-refractivity contribution < 1.29 is 23.9 Å². The Balaban J connectivity index is 1.47. The number of carbonyl (C=O) groups is 3. The van der Waals surface area contributed by atoms with Gasteiger partial charge in [0.25, 0.3) is 17.7 Å². The molecule has 0 aliphatic carbocycles. The van der Waals surface area contributed by atoms with Crippen LogP contribution in [0, 0.1) is 0 Å². The van der Waals surface area contributed by atoms with Gasteiger partial charge in [0, 0.05) is 32.3 Å². The average molecular weight is 408 g/mol. The van der Waals surface area contributed by atoms with Gasteiger partial charge in [0.15, 0.2) is 0 Å². The van der Waals surface area contributed by atoms with Gasteiger partial charge >= 0.3 is 0 Å². The Labute approximate surface area is 175 Å². The molecule has 2 aliphatic rings. The molecule has 0 N–H and O–H groups in total. The van der Waals surface area contributed by atoms with Crippen molar-refractivity contribution in [1.29, 1.82) is 0 Å². The fraction of sp³-hybridized carbons (Fsp3) is 0.348. The van der Waals surface area contributed by atoms with Gasteiger partial charge in [-0.05, 0) is 48.7 Å². The van der Waals surface area contributed by atoms with E-state index in [2.05, 4.69) is 0 Å². The van der Waals surface area contributed by atoms with Crippen molar-refractivity contribution in [1.82, 2.24) is 9.80 Å². The lowest BCUT2D eigenvalue weighted by molar-refractivity contribution is 0.0655. The molecule has 156 valence electrons. The zero-order chi connectivity index (χ0) is 21.3. The molecule has 0 bridgehead atoms. The van der Waals surface area contributed by atoms with Crippen molar-refractivity contribution >= 4 is 17.7 Å². The highest BCUT2D eigenvalue weighted by Gasteiger charge is 2.36. The number of likely N-dealkylation sites (tertiary alicyclic amines) is 1. The van der Waals surface area contributed by atoms with Gasteiger partial charge in [-0.3, -0.25) is 19.3 Å². The summed E-state index contributed by atoms with van der Waals surface area (Å²) < 4.78 is 10.5. The van der Waals surface area contributed by atoms with Gasteiger partial charge in [0.1, 0.15) is 5.75 Å². The third kappa shape index (κ3) is 3.68. The topological polar surface area (TPSA) is 76.2 Å². The second-order valence-electron chi connectivity index (χ2n) is 7.52. The molecule has 3 amide bonds. The average Bonchev–Trinajstić information content (AvgIpc) is 3.35. The van der Waals surface area contributed by atoms with Crippen LogP contribution in [0.3, 0.4) is 0 Å². The molecule has 1 fully saturated rings. The molecule has 0 spiro atoms. The molecule has 1 unspecified atom stereocenters. The molecule has 2 aromatic rings. The third-order valence-corrected chi connectivity index (χ3v) is 5.77. The number of imide groups is 1. The molecule has 0 saturated carbocycles. The van der Waals surface area contributed by atoms with Crippen LogP contribution < -0.4 is 4.74 Å². The summed E-state index contributed by atoms with van der Waals surface area (Å²) >= 11 is 0. The third-order valence-electron chi connectivity index (χ3n) is 5.77. The number of carbonyl (C=O) groups excluding carboxylic acids is 3. The van der Waals surface area contributed by atoms with Crippen LogP contribution in [0.5, 0.6) is 5.75 Å². The number of benzene rings is 2. The van der Waals surface area contributed by atoms with Crippen molar-refractivity contribution in [3.8, 4) is 5.75 Å². The number of hydrogen-bond acceptors (Lipinski definition) is 5. The lowest BCUT2D eigenvalue weighted by Crippen LogP contribution is -2.31. The minimum absolute atomic E-state index is 0.0417. The molecule has 4 rings (SSSR count). The molecule has 0 aromatic heterocycles. The first-order chi connectivity index (χ1) is 14.5. The second kappa shape index (κ2) is 8.28. The summed E-state index contributed by atoms with van der Waals surface area (Å²) in [6.07, 6.45) is 1.39. The van der Waals surface area contributed by atoms with Gasteiger partial charge in [-0.15, -0.1) is 0 Å². The normalized spacial score (nSPS) is 18.1. The quantitative estimate of drug-likeness (QED) is 0.686. The number of fused-ring (bicyclic) bond motifs is 1. The summed E-state index contributed by atoms with van der Waals surface area (Å²) in [7, 11) is 3.24. The highest BCUT2D eigenvalue weighted by atomic mass is 16.5. The number of rotatable bonds is 6. The van der Waals surface area contributed by atoms with Crippen LogP contribution in [0.4, 0.5) is 0 Å². The zero-order valence-corrected chi connectivity index (χ0v) is 17.1. The Morgan fingerprint density at radius 1 is 1.03 bits per heavy atom. The Bertz CT molecular complexity index is 986. The number of hydrogen-bond donors (Lipinski definition) is 0. The van der Waals surface area contributed by atoms with E-state index >= 15 is 0 Å². The van der Waals surface area contributed by atoms with Crippen molar-refractivity contribution in [2.45, 2.75) is 18.9 Å². The molecule has 1 saturated heterocycles. The zero-order valence-electron chi connectivity index (χ0n) is 17.1. The fourth-order valence-corrected chi connectivity index (χ4v) is 3.95. The molecular formula is C23H24N2O5. The monoisotopic (exact) mass is 408 g/mol. The molecule has 2 aromatic carbocycles. The Kier molecular flexibility index (Phi) is 5.55. The molecule has 30 heavy (non-hydrogen) atoms. The lowest BCUT2D eigenvalue weighted by atomic mass is 10.0. The summed E-state index contributed by atoms with van der Waals surface area (Å²) in [6.45, 7) is 1.44. The summed E-state index contributed by atoms with van der Waals surface area (Å²) in [5, 5.41) is 0. The second-order valence-corrected chi connectivity index (χ2v) is 7.52. The predicted octanol–water partition coefficient (Wildman–Crippen LogP) is 2.39. The fourth-order valence-electron chi connectivity index (χ4n) is 3.95. The smallest absolute Gasteiger partial charge is 0.261 e. The van der Waals surface area contributed by atoms with Crippen LogP contribution in [0.25, 0.3) is 0 Å². The highest BCUT2D eigenvalue weighted by molar-refractivity contribution is 6.22. The van der Waals surface area contributed by atoms with E-state index in [0.717, 1.165) is 17.7 Å². The van der Waals surface area contributed by atoms with Crippen LogP contribution in [0.15, 0.2) is 42.5 Å². The SMILES string of the molecule is COc1ccc(CCN2C(=O)c3ccc(C(=O)N4CCC(OC)C4)cc3C2=O)cc1. The van der Waals surface area contributed by atoms with E-state index in [9.17, 15) is 14.4 Å². The van der Waals surface area contributed by atoms with Crippen LogP contribution >= 0.6 is 0 Å². The molecular weight excluding hydrogens is 384 g/mol. The van der Waals surface area contributed by atoms with Gasteiger partial charge < -0.3 is 14.4 Å². The van der Waals surface area contributed by atoms with Crippen LogP contribution in [0.2, 0.25) is 0 Å². The molecule has 2 aliphatic heterocycles. The van der Waals surface area contributed by atoms with E-state index in [0.29, 0.717) is 36.2 Å². The van der Waals surface area contributed by atoms with Gasteiger partial charge in [-0.1, -0.05) is 12.1 Å². The van der Waals surface area contributed by atoms with E-state index < -0.39 is 0 Å². The standard InChI is InChI=1S/C23H24N2O5/c1-29-17-6-3-15(4-7-17)9-12-25-22(27)19-8-5-16(13-20(19)23(25)28)21(26)24-11-10-18(14-24)30-2/h3-8,13,18H,9-12,14H2,1-2H3. The minimum Gasteiger partial charge on any atom is -0.497 e. The maximum Gasteiger partial charge on any atom is 0.261 e. The Hall–Kier alpha value is -3.19. The summed E-state index contributed by atoms with van der Waals surface area (Å²) in [5.41, 5.74) is 2.07. The first kappa shape index (κ1) is 20.1. The van der Waals surface area contributed by atoms with Crippen molar-refractivity contribution in [2.24, 2.45) is 0 Å². The Morgan fingerprint density at radius 2 is 1.77 bits per heavy atom. The molecule has 1 atom stereocenters. The van der Waals surface area contributed by atoms with E-state index in [1.54, 1.807) is 37.3 Å². The number of amides is 3. The number of methoxy groups -OCH3 is 2. The van der Waals surface area contributed by atoms with Gasteiger partial charge in [-0.25, -0.2) is 0 Å². The van der Waals surface area contributed by atoms with Crippen LogP contribution in [-0.2, 0) is 11.2 Å². The van der Waals surface area contributed by atoms with E-state index in [1.807, 2.05) is 24.3 Å². The maximum atomic E-state index is 12.9. The lowest BCUT2D eigenvalue weighted by Gasteiger charge is -2.16. The first-order valence-corrected chi connectivity index (χ1v) is 9.97. The van der Waals surface area contributed by atoms with E-state index in [4.69, 9.17) is 9.47 Å². The Morgan fingerprint density at radius 3 is 2.43 bits per heavy atom. The minimum atomic E-state index is -0.352. The maximum absolute atomic E-state index is 12.9. The van der Waals surface area contributed by atoms with E-state index in [-0.39, 0.29) is 30.4 Å². The molecule has 2 heterocycles. The molecule has 7 nitrogen and oxygen atoms in total. The highest BCUT2D eigenvalue weighted by Crippen LogP contribution is 2.26. The van der Waals surface area contributed by atoms with Gasteiger partial charge in [0.2, 0.25) is 0 Å². The number of nitrogens with zero attached hydrogens (tertiary/aromatic N) is 2. The van der Waals surface area contributed by atoms with Crippen LogP contribution in [0.1, 0.15) is 43.1 Å². The largest absolute Gasteiger partial charge is 0.497 e. The summed E-state index contributed by atoms with van der Waals surface area (Å²) in [6, 6.07) is 12.3. The van der Waals surface area contributed by atoms with Gasteiger partial charge in [0.05, 0.1) is 24.3 Å². The van der Waals surface area contributed by atoms with Crippen LogP contribution in [-0.4, -0.2) is 67.5 Å². The molecule has 7 heteroatoms. The summed E-state index contributed by atoms with van der Waals surface area (Å²) in [5.74, 6) is -0.0572. The predicted molar refractivity (Wildman–Crippen MR) is 110 cm³/mol. The number of ether oxygens (including phenoxy) is 2. The van der Waals surface area contributed by atoms with Gasteiger partial charge in [-0.2, -0.15) is 0 Å². The molecule has 0 radical (unpaired) electrons.